The largest absolute Gasteiger partial charge is 0.379 e. The first kappa shape index (κ1) is 17.0. The molecule has 5 nitrogen and oxygen atoms in total. The minimum absolute atomic E-state index is 0.343. The van der Waals surface area contributed by atoms with Gasteiger partial charge in [-0.1, -0.05) is 12.8 Å². The van der Waals surface area contributed by atoms with Crippen LogP contribution in [0.15, 0.2) is 4.99 Å². The molecule has 3 rings (SSSR count). The van der Waals surface area contributed by atoms with Crippen molar-refractivity contribution < 1.29 is 9.47 Å². The van der Waals surface area contributed by atoms with Crippen LogP contribution < -0.4 is 10.6 Å². The van der Waals surface area contributed by atoms with E-state index in [9.17, 15) is 0 Å². The van der Waals surface area contributed by atoms with Gasteiger partial charge in [0.05, 0.1) is 12.7 Å². The summed E-state index contributed by atoms with van der Waals surface area (Å²) < 4.78 is 11.7. The zero-order chi connectivity index (χ0) is 16.1. The van der Waals surface area contributed by atoms with Gasteiger partial charge in [-0.2, -0.15) is 0 Å². The van der Waals surface area contributed by atoms with Crippen molar-refractivity contribution in [1.82, 2.24) is 10.6 Å². The maximum absolute atomic E-state index is 5.98. The first-order chi connectivity index (χ1) is 11.3. The Morgan fingerprint density at radius 1 is 1.26 bits per heavy atom. The molecule has 0 saturated heterocycles. The molecule has 3 fully saturated rings. The molecule has 23 heavy (non-hydrogen) atoms. The van der Waals surface area contributed by atoms with Crippen LogP contribution in [-0.2, 0) is 9.47 Å². The first-order valence-corrected chi connectivity index (χ1v) is 9.45. The van der Waals surface area contributed by atoms with Gasteiger partial charge in [0.1, 0.15) is 0 Å². The Morgan fingerprint density at radius 3 is 2.70 bits per heavy atom. The molecule has 5 heteroatoms. The molecule has 3 saturated carbocycles. The number of hydrogen-bond donors (Lipinski definition) is 2. The standard InChI is InChI=1S/C18H33N3O2/c1-3-23-16-12-15(18(16)8-4-5-9-18)21-17(19-2)20-10-11-22-13-14-6-7-14/h14-16H,3-13H2,1-2H3,(H2,19,20,21). The number of rotatable bonds is 8. The quantitative estimate of drug-likeness (QED) is 0.409. The molecule has 0 aromatic heterocycles. The van der Waals surface area contributed by atoms with Gasteiger partial charge in [0.15, 0.2) is 5.96 Å². The van der Waals surface area contributed by atoms with Crippen molar-refractivity contribution in [3.63, 3.8) is 0 Å². The summed E-state index contributed by atoms with van der Waals surface area (Å²) >= 11 is 0. The van der Waals surface area contributed by atoms with E-state index in [-0.39, 0.29) is 0 Å². The molecule has 1 spiro atoms. The van der Waals surface area contributed by atoms with Gasteiger partial charge in [-0.25, -0.2) is 0 Å². The molecule has 2 unspecified atom stereocenters. The zero-order valence-electron chi connectivity index (χ0n) is 14.8. The lowest BCUT2D eigenvalue weighted by Crippen LogP contribution is -2.65. The van der Waals surface area contributed by atoms with E-state index in [1.807, 2.05) is 7.05 Å². The van der Waals surface area contributed by atoms with Gasteiger partial charge < -0.3 is 20.1 Å². The lowest BCUT2D eigenvalue weighted by Gasteiger charge is -2.54. The second-order valence-electron chi connectivity index (χ2n) is 7.33. The van der Waals surface area contributed by atoms with E-state index in [1.165, 1.54) is 38.5 Å². The average Bonchev–Trinajstić information content (AvgIpc) is 3.23. The number of aliphatic imine (C=N–C) groups is 1. The molecule has 0 aliphatic heterocycles. The molecule has 2 N–H and O–H groups in total. The summed E-state index contributed by atoms with van der Waals surface area (Å²) in [6.07, 6.45) is 9.49. The minimum Gasteiger partial charge on any atom is -0.379 e. The molecule has 132 valence electrons. The van der Waals surface area contributed by atoms with Crippen molar-refractivity contribution in [1.29, 1.82) is 0 Å². The molecule has 0 radical (unpaired) electrons. The van der Waals surface area contributed by atoms with E-state index >= 15 is 0 Å². The summed E-state index contributed by atoms with van der Waals surface area (Å²) in [6, 6.07) is 0.500. The Kier molecular flexibility index (Phi) is 5.81. The second kappa shape index (κ2) is 7.84. The van der Waals surface area contributed by atoms with Crippen LogP contribution >= 0.6 is 0 Å². The Morgan fingerprint density at radius 2 is 2.04 bits per heavy atom. The van der Waals surface area contributed by atoms with Crippen LogP contribution in [0, 0.1) is 11.3 Å². The highest BCUT2D eigenvalue weighted by atomic mass is 16.5. The van der Waals surface area contributed by atoms with Crippen molar-refractivity contribution in [2.45, 2.75) is 64.0 Å². The lowest BCUT2D eigenvalue weighted by molar-refractivity contribution is -0.125. The van der Waals surface area contributed by atoms with Crippen molar-refractivity contribution >= 4 is 5.96 Å². The fourth-order valence-electron chi connectivity index (χ4n) is 4.22. The fraction of sp³-hybridized carbons (Fsp3) is 0.944. The minimum atomic E-state index is 0.343. The Labute approximate surface area is 140 Å². The molecular weight excluding hydrogens is 290 g/mol. The maximum Gasteiger partial charge on any atom is 0.191 e. The molecule has 3 aliphatic carbocycles. The number of ether oxygens (including phenoxy) is 2. The Balaban J connectivity index is 1.41. The predicted molar refractivity (Wildman–Crippen MR) is 92.8 cm³/mol. The van der Waals surface area contributed by atoms with E-state index in [1.54, 1.807) is 0 Å². The Hall–Kier alpha value is -0.810. The van der Waals surface area contributed by atoms with Gasteiger partial charge in [0, 0.05) is 38.3 Å². The van der Waals surface area contributed by atoms with E-state index in [0.717, 1.165) is 44.7 Å². The van der Waals surface area contributed by atoms with Crippen LogP contribution in [0.1, 0.15) is 51.9 Å². The molecule has 2 atom stereocenters. The molecular formula is C18H33N3O2. The lowest BCUT2D eigenvalue weighted by atomic mass is 9.60. The number of nitrogens with zero attached hydrogens (tertiary/aromatic N) is 1. The van der Waals surface area contributed by atoms with Crippen molar-refractivity contribution in [3.05, 3.63) is 0 Å². The highest BCUT2D eigenvalue weighted by molar-refractivity contribution is 5.80. The van der Waals surface area contributed by atoms with Crippen molar-refractivity contribution in [3.8, 4) is 0 Å². The molecule has 0 amide bonds. The van der Waals surface area contributed by atoms with E-state index in [2.05, 4.69) is 22.5 Å². The summed E-state index contributed by atoms with van der Waals surface area (Å²) in [6.45, 7) is 5.43. The van der Waals surface area contributed by atoms with Crippen molar-refractivity contribution in [2.75, 3.05) is 33.4 Å². The molecule has 3 aliphatic rings. The topological polar surface area (TPSA) is 54.9 Å². The number of nitrogens with one attached hydrogen (secondary N) is 2. The SMILES string of the molecule is CCOC1CC(NC(=NC)NCCOCC2CC2)C12CCCC2. The van der Waals surface area contributed by atoms with Crippen molar-refractivity contribution in [2.24, 2.45) is 16.3 Å². The maximum atomic E-state index is 5.98. The summed E-state index contributed by atoms with van der Waals surface area (Å²) in [4.78, 5) is 4.38. The van der Waals surface area contributed by atoms with E-state index in [4.69, 9.17) is 9.47 Å². The molecule has 0 bridgehead atoms. The predicted octanol–water partition coefficient (Wildman–Crippen LogP) is 2.32. The highest BCUT2D eigenvalue weighted by Gasteiger charge is 2.56. The highest BCUT2D eigenvalue weighted by Crippen LogP contribution is 2.54. The van der Waals surface area contributed by atoms with Crippen LogP contribution in [0.4, 0.5) is 0 Å². The van der Waals surface area contributed by atoms with Crippen LogP contribution in [0.2, 0.25) is 0 Å². The van der Waals surface area contributed by atoms with Gasteiger partial charge in [-0.15, -0.1) is 0 Å². The third-order valence-corrected chi connectivity index (χ3v) is 5.81. The summed E-state index contributed by atoms with van der Waals surface area (Å²) in [5.74, 6) is 1.74. The van der Waals surface area contributed by atoms with E-state index in [0.29, 0.717) is 17.6 Å². The van der Waals surface area contributed by atoms with Gasteiger partial charge in [-0.05, 0) is 44.9 Å². The number of hydrogen-bond acceptors (Lipinski definition) is 3. The summed E-state index contributed by atoms with van der Waals surface area (Å²) in [7, 11) is 1.85. The van der Waals surface area contributed by atoms with Gasteiger partial charge in [0.25, 0.3) is 0 Å². The number of guanidine groups is 1. The zero-order valence-corrected chi connectivity index (χ0v) is 14.8. The molecule has 0 aromatic rings. The van der Waals surface area contributed by atoms with Crippen LogP contribution in [0.3, 0.4) is 0 Å². The van der Waals surface area contributed by atoms with Crippen LogP contribution in [-0.4, -0.2) is 51.5 Å². The van der Waals surface area contributed by atoms with Gasteiger partial charge >= 0.3 is 0 Å². The molecule has 0 aromatic carbocycles. The summed E-state index contributed by atoms with van der Waals surface area (Å²) in [5.41, 5.74) is 0.343. The van der Waals surface area contributed by atoms with Gasteiger partial charge in [-0.3, -0.25) is 4.99 Å². The van der Waals surface area contributed by atoms with E-state index < -0.39 is 0 Å². The normalized spacial score (nSPS) is 29.6. The first-order valence-electron chi connectivity index (χ1n) is 9.45. The fourth-order valence-corrected chi connectivity index (χ4v) is 4.22. The van der Waals surface area contributed by atoms with Gasteiger partial charge in [0.2, 0.25) is 0 Å². The summed E-state index contributed by atoms with van der Waals surface area (Å²) in [5, 5.41) is 7.03. The smallest absolute Gasteiger partial charge is 0.191 e. The Bertz CT molecular complexity index is 403. The third kappa shape index (κ3) is 4.00. The van der Waals surface area contributed by atoms with Crippen LogP contribution in [0.5, 0.6) is 0 Å². The van der Waals surface area contributed by atoms with Crippen LogP contribution in [0.25, 0.3) is 0 Å². The average molecular weight is 323 g/mol. The third-order valence-electron chi connectivity index (χ3n) is 5.81. The second-order valence-corrected chi connectivity index (χ2v) is 7.33. The molecule has 0 heterocycles. The monoisotopic (exact) mass is 323 g/mol.